The van der Waals surface area contributed by atoms with E-state index in [0.717, 1.165) is 0 Å². The standard InChI is InChI=1S/C27H38O10/c1-9-14(6)23(31)35-17-11-16-21(34-15(7)28)22(36-18(29)10-12(2)3)20(30)19-24(32)37-25(26(16,19)8)27(17,33)13(4)5/h10,14,16-17,19-22,25,30,33H,4,9,11H2,1-3,5-8H3. The van der Waals surface area contributed by atoms with Crippen LogP contribution in [-0.4, -0.2) is 70.2 Å². The van der Waals surface area contributed by atoms with Crippen molar-refractivity contribution in [1.82, 2.24) is 0 Å². The molecule has 0 amide bonds. The number of hydrogen-bond acceptors (Lipinski definition) is 10. The number of aliphatic hydroxyl groups is 2. The lowest BCUT2D eigenvalue weighted by molar-refractivity contribution is -0.262. The van der Waals surface area contributed by atoms with Crippen LogP contribution in [0.4, 0.5) is 0 Å². The van der Waals surface area contributed by atoms with Crippen molar-refractivity contribution >= 4 is 23.9 Å². The van der Waals surface area contributed by atoms with Gasteiger partial charge in [-0.05, 0) is 39.2 Å². The zero-order valence-corrected chi connectivity index (χ0v) is 22.5. The maximum atomic E-state index is 13.2. The first kappa shape index (κ1) is 28.8. The van der Waals surface area contributed by atoms with Crippen LogP contribution in [0.5, 0.6) is 0 Å². The predicted molar refractivity (Wildman–Crippen MR) is 130 cm³/mol. The number of hydrogen-bond donors (Lipinski definition) is 2. The van der Waals surface area contributed by atoms with Gasteiger partial charge in [0.2, 0.25) is 0 Å². The summed E-state index contributed by atoms with van der Waals surface area (Å²) >= 11 is 0. The molecule has 2 saturated carbocycles. The highest BCUT2D eigenvalue weighted by Gasteiger charge is 2.77. The van der Waals surface area contributed by atoms with E-state index in [1.165, 1.54) is 13.0 Å². The minimum absolute atomic E-state index is 0.0625. The number of rotatable bonds is 7. The van der Waals surface area contributed by atoms with Crippen molar-refractivity contribution in [2.45, 2.75) is 97.4 Å². The van der Waals surface area contributed by atoms with Crippen molar-refractivity contribution in [3.05, 3.63) is 23.8 Å². The Balaban J connectivity index is 2.16. The topological polar surface area (TPSA) is 146 Å². The lowest BCUT2D eigenvalue weighted by atomic mass is 9.48. The van der Waals surface area contributed by atoms with Crippen LogP contribution in [0.25, 0.3) is 0 Å². The SMILES string of the molecule is C=C(C)C1(O)C(OC(=O)C(C)CC)CC2C(OC(C)=O)C(OC(=O)C=C(C)C)C(O)C3C(=O)OC1C23C. The Bertz CT molecular complexity index is 1010. The van der Waals surface area contributed by atoms with Crippen LogP contribution in [0.15, 0.2) is 23.8 Å². The smallest absolute Gasteiger partial charge is 0.331 e. The molecule has 0 radical (unpaired) electrons. The molecule has 0 bridgehead atoms. The summed E-state index contributed by atoms with van der Waals surface area (Å²) in [6, 6.07) is 0. The molecular weight excluding hydrogens is 484 g/mol. The summed E-state index contributed by atoms with van der Waals surface area (Å²) in [5.41, 5.74) is -2.39. The zero-order valence-electron chi connectivity index (χ0n) is 22.5. The van der Waals surface area contributed by atoms with E-state index in [1.54, 1.807) is 34.6 Å². The van der Waals surface area contributed by atoms with Gasteiger partial charge in [-0.2, -0.15) is 0 Å². The maximum absolute atomic E-state index is 13.2. The summed E-state index contributed by atoms with van der Waals surface area (Å²) in [5, 5.41) is 23.3. The van der Waals surface area contributed by atoms with Gasteiger partial charge in [0.15, 0.2) is 11.7 Å². The quantitative estimate of drug-likeness (QED) is 0.220. The Labute approximate surface area is 217 Å². The Morgan fingerprint density at radius 2 is 1.78 bits per heavy atom. The molecule has 206 valence electrons. The molecule has 3 fully saturated rings. The van der Waals surface area contributed by atoms with Crippen LogP contribution in [0.1, 0.15) is 61.3 Å². The first-order valence-corrected chi connectivity index (χ1v) is 12.6. The highest BCUT2D eigenvalue weighted by Crippen LogP contribution is 2.63. The third-order valence-corrected chi connectivity index (χ3v) is 8.20. The fraction of sp³-hybridized carbons (Fsp3) is 0.704. The molecule has 0 aromatic carbocycles. The van der Waals surface area contributed by atoms with E-state index >= 15 is 0 Å². The first-order valence-electron chi connectivity index (χ1n) is 12.6. The van der Waals surface area contributed by atoms with Gasteiger partial charge in [-0.3, -0.25) is 14.4 Å². The number of ether oxygens (including phenoxy) is 4. The van der Waals surface area contributed by atoms with Gasteiger partial charge in [0.25, 0.3) is 0 Å². The minimum Gasteiger partial charge on any atom is -0.459 e. The van der Waals surface area contributed by atoms with Crippen molar-refractivity contribution in [3.8, 4) is 0 Å². The third kappa shape index (κ3) is 4.69. The molecule has 3 aliphatic rings. The summed E-state index contributed by atoms with van der Waals surface area (Å²) < 4.78 is 22.7. The second-order valence-corrected chi connectivity index (χ2v) is 11.0. The lowest BCUT2D eigenvalue weighted by Crippen LogP contribution is -2.73. The van der Waals surface area contributed by atoms with Gasteiger partial charge in [0.05, 0.1) is 11.8 Å². The van der Waals surface area contributed by atoms with Crippen molar-refractivity contribution in [3.63, 3.8) is 0 Å². The molecule has 10 atom stereocenters. The fourth-order valence-corrected chi connectivity index (χ4v) is 6.11. The molecule has 0 spiro atoms. The molecule has 2 N–H and O–H groups in total. The average Bonchev–Trinajstić information content (AvgIpc) is 3.07. The molecule has 1 saturated heterocycles. The molecule has 10 heteroatoms. The summed E-state index contributed by atoms with van der Waals surface area (Å²) in [6.07, 6.45) is -5.02. The molecule has 3 rings (SSSR count). The van der Waals surface area contributed by atoms with Crippen LogP contribution < -0.4 is 0 Å². The lowest BCUT2D eigenvalue weighted by Gasteiger charge is -2.59. The zero-order chi connectivity index (χ0) is 28.0. The number of esters is 4. The van der Waals surface area contributed by atoms with Crippen molar-refractivity contribution < 1.29 is 48.3 Å². The number of carbonyl (C=O) groups excluding carboxylic acids is 4. The molecule has 1 heterocycles. The second-order valence-electron chi connectivity index (χ2n) is 11.0. The summed E-state index contributed by atoms with van der Waals surface area (Å²) in [5.74, 6) is -5.29. The average molecular weight is 523 g/mol. The Hall–Kier alpha value is -2.72. The van der Waals surface area contributed by atoms with Crippen molar-refractivity contribution in [1.29, 1.82) is 0 Å². The monoisotopic (exact) mass is 522 g/mol. The molecule has 10 nitrogen and oxygen atoms in total. The summed E-state index contributed by atoms with van der Waals surface area (Å²) in [4.78, 5) is 50.7. The van der Waals surface area contributed by atoms with E-state index in [-0.39, 0.29) is 12.0 Å². The van der Waals surface area contributed by atoms with Crippen LogP contribution in [0, 0.1) is 23.2 Å². The summed E-state index contributed by atoms with van der Waals surface area (Å²) in [7, 11) is 0. The molecule has 0 aromatic rings. The highest BCUT2D eigenvalue weighted by molar-refractivity contribution is 5.83. The second kappa shape index (κ2) is 10.2. The van der Waals surface area contributed by atoms with Gasteiger partial charge in [0, 0.05) is 24.3 Å². The van der Waals surface area contributed by atoms with Gasteiger partial charge in [-0.25, -0.2) is 4.79 Å². The van der Waals surface area contributed by atoms with E-state index in [2.05, 4.69) is 6.58 Å². The van der Waals surface area contributed by atoms with Crippen LogP contribution >= 0.6 is 0 Å². The summed E-state index contributed by atoms with van der Waals surface area (Å²) in [6.45, 7) is 15.2. The van der Waals surface area contributed by atoms with Crippen molar-refractivity contribution in [2.24, 2.45) is 23.2 Å². The third-order valence-electron chi connectivity index (χ3n) is 8.20. The van der Waals surface area contributed by atoms with Gasteiger partial charge < -0.3 is 29.2 Å². The molecule has 2 aliphatic carbocycles. The number of allylic oxidation sites excluding steroid dienone is 1. The molecule has 10 unspecified atom stereocenters. The van der Waals surface area contributed by atoms with Gasteiger partial charge in [-0.1, -0.05) is 32.9 Å². The van der Waals surface area contributed by atoms with Gasteiger partial charge in [0.1, 0.15) is 24.4 Å². The number of aliphatic hydroxyl groups excluding tert-OH is 1. The predicted octanol–water partition coefficient (Wildman–Crippen LogP) is 2.00. The Morgan fingerprint density at radius 3 is 2.30 bits per heavy atom. The number of carbonyl (C=O) groups is 4. The van der Waals surface area contributed by atoms with Gasteiger partial charge in [-0.15, -0.1) is 0 Å². The van der Waals surface area contributed by atoms with E-state index in [4.69, 9.17) is 18.9 Å². The van der Waals surface area contributed by atoms with Crippen LogP contribution in [-0.2, 0) is 38.1 Å². The van der Waals surface area contributed by atoms with E-state index in [9.17, 15) is 29.4 Å². The fourth-order valence-electron chi connectivity index (χ4n) is 6.11. The van der Waals surface area contributed by atoms with Crippen LogP contribution in [0.2, 0.25) is 0 Å². The van der Waals surface area contributed by atoms with E-state index < -0.39 is 83.2 Å². The minimum atomic E-state index is -1.97. The Kier molecular flexibility index (Phi) is 7.96. The molecule has 37 heavy (non-hydrogen) atoms. The molecule has 1 aliphatic heterocycles. The maximum Gasteiger partial charge on any atom is 0.331 e. The molecule has 0 aromatic heterocycles. The Morgan fingerprint density at radius 1 is 1.16 bits per heavy atom. The highest BCUT2D eigenvalue weighted by atomic mass is 16.6. The first-order chi connectivity index (χ1) is 17.1. The normalized spacial score (nSPS) is 38.9. The van der Waals surface area contributed by atoms with Crippen LogP contribution in [0.3, 0.4) is 0 Å². The van der Waals surface area contributed by atoms with Crippen molar-refractivity contribution in [2.75, 3.05) is 0 Å². The molecular formula is C27H38O10. The van der Waals surface area contributed by atoms with E-state index in [0.29, 0.717) is 12.0 Å². The van der Waals surface area contributed by atoms with E-state index in [1.807, 2.05) is 6.92 Å². The van der Waals surface area contributed by atoms with Gasteiger partial charge >= 0.3 is 23.9 Å². The largest absolute Gasteiger partial charge is 0.459 e.